The van der Waals surface area contributed by atoms with Gasteiger partial charge in [-0.05, 0) is 47.3 Å². The van der Waals surface area contributed by atoms with Crippen LogP contribution in [-0.2, 0) is 23.1 Å². The standard InChI is InChI=1S/C13H17BrN2O2S3/c1-9(2)16(8-10-4-3-5-19-10)21(17,18)12-6-11(7-15)20-13(12)14/h3-6,9H,7-8,15H2,1-2H3. The van der Waals surface area contributed by atoms with Crippen LogP contribution in [-0.4, -0.2) is 18.8 Å². The van der Waals surface area contributed by atoms with Crippen LogP contribution in [0.15, 0.2) is 32.3 Å². The molecule has 8 heteroatoms. The van der Waals surface area contributed by atoms with Crippen LogP contribution < -0.4 is 5.73 Å². The van der Waals surface area contributed by atoms with Crippen LogP contribution in [0.4, 0.5) is 0 Å². The molecular weight excluding hydrogens is 392 g/mol. The molecule has 0 fully saturated rings. The summed E-state index contributed by atoms with van der Waals surface area (Å²) in [6.07, 6.45) is 0. The minimum Gasteiger partial charge on any atom is -0.326 e. The van der Waals surface area contributed by atoms with Crippen molar-refractivity contribution in [1.82, 2.24) is 4.31 Å². The van der Waals surface area contributed by atoms with Gasteiger partial charge in [-0.15, -0.1) is 22.7 Å². The van der Waals surface area contributed by atoms with Crippen molar-refractivity contribution < 1.29 is 8.42 Å². The van der Waals surface area contributed by atoms with Crippen molar-refractivity contribution in [3.8, 4) is 0 Å². The summed E-state index contributed by atoms with van der Waals surface area (Å²) in [5, 5.41) is 1.95. The first-order chi connectivity index (χ1) is 9.86. The number of sulfonamides is 1. The number of thiophene rings is 2. The predicted molar refractivity (Wildman–Crippen MR) is 92.1 cm³/mol. The monoisotopic (exact) mass is 408 g/mol. The highest BCUT2D eigenvalue weighted by atomic mass is 79.9. The second-order valence-corrected chi connectivity index (χ2v) is 10.1. The lowest BCUT2D eigenvalue weighted by atomic mass is 10.4. The van der Waals surface area contributed by atoms with Gasteiger partial charge in [0.1, 0.15) is 4.90 Å². The topological polar surface area (TPSA) is 63.4 Å². The Bertz CT molecular complexity index is 693. The molecule has 0 atom stereocenters. The number of hydrogen-bond donors (Lipinski definition) is 1. The Labute approximate surface area is 141 Å². The van der Waals surface area contributed by atoms with Crippen LogP contribution in [0.3, 0.4) is 0 Å². The molecule has 4 nitrogen and oxygen atoms in total. The van der Waals surface area contributed by atoms with Crippen molar-refractivity contribution >= 4 is 48.6 Å². The summed E-state index contributed by atoms with van der Waals surface area (Å²) in [7, 11) is -3.55. The second kappa shape index (κ2) is 6.89. The van der Waals surface area contributed by atoms with Crippen LogP contribution in [0.5, 0.6) is 0 Å². The summed E-state index contributed by atoms with van der Waals surface area (Å²) >= 11 is 6.27. The SMILES string of the molecule is CC(C)N(Cc1cccs1)S(=O)(=O)c1cc(CN)sc1Br. The summed E-state index contributed by atoms with van der Waals surface area (Å²) in [5.74, 6) is 0. The number of rotatable bonds is 6. The average molecular weight is 409 g/mol. The summed E-state index contributed by atoms with van der Waals surface area (Å²) in [4.78, 5) is 2.18. The zero-order chi connectivity index (χ0) is 15.6. The van der Waals surface area contributed by atoms with Crippen molar-refractivity contribution in [2.24, 2.45) is 5.73 Å². The molecular formula is C13H17BrN2O2S3. The molecule has 0 bridgehead atoms. The first-order valence-corrected chi connectivity index (χ1v) is 10.3. The Morgan fingerprint density at radius 3 is 2.57 bits per heavy atom. The summed E-state index contributed by atoms with van der Waals surface area (Å²) in [5.41, 5.74) is 5.60. The van der Waals surface area contributed by atoms with E-state index in [1.165, 1.54) is 15.6 Å². The normalized spacial score (nSPS) is 12.5. The molecule has 2 rings (SSSR count). The molecule has 2 aromatic rings. The van der Waals surface area contributed by atoms with E-state index in [-0.39, 0.29) is 6.04 Å². The van der Waals surface area contributed by atoms with Crippen molar-refractivity contribution in [3.63, 3.8) is 0 Å². The summed E-state index contributed by atoms with van der Waals surface area (Å²) < 4.78 is 28.0. The third-order valence-corrected chi connectivity index (χ3v) is 8.12. The number of hydrogen-bond acceptors (Lipinski definition) is 5. The highest BCUT2D eigenvalue weighted by Gasteiger charge is 2.30. The van der Waals surface area contributed by atoms with Crippen LogP contribution in [0, 0.1) is 0 Å². The van der Waals surface area contributed by atoms with Crippen molar-refractivity contribution in [1.29, 1.82) is 0 Å². The first kappa shape index (κ1) is 17.1. The van der Waals surface area contributed by atoms with E-state index in [9.17, 15) is 8.42 Å². The van der Waals surface area contributed by atoms with E-state index in [0.29, 0.717) is 21.8 Å². The highest BCUT2D eigenvalue weighted by Crippen LogP contribution is 2.34. The molecule has 0 saturated heterocycles. The van der Waals surface area contributed by atoms with Crippen molar-refractivity contribution in [2.45, 2.75) is 37.9 Å². The lowest BCUT2D eigenvalue weighted by Gasteiger charge is -2.25. The fraction of sp³-hybridized carbons (Fsp3) is 0.385. The summed E-state index contributed by atoms with van der Waals surface area (Å²) in [6.45, 7) is 4.49. The van der Waals surface area contributed by atoms with Crippen LogP contribution in [0.2, 0.25) is 0 Å². The minimum absolute atomic E-state index is 0.120. The van der Waals surface area contributed by atoms with Gasteiger partial charge in [0.05, 0.1) is 3.79 Å². The maximum absolute atomic E-state index is 12.9. The average Bonchev–Trinajstić information content (AvgIpc) is 3.04. The molecule has 0 unspecified atom stereocenters. The Kier molecular flexibility index (Phi) is 5.61. The molecule has 21 heavy (non-hydrogen) atoms. The van der Waals surface area contributed by atoms with Crippen molar-refractivity contribution in [2.75, 3.05) is 0 Å². The highest BCUT2D eigenvalue weighted by molar-refractivity contribution is 9.11. The zero-order valence-electron chi connectivity index (χ0n) is 11.7. The smallest absolute Gasteiger partial charge is 0.245 e. The Balaban J connectivity index is 2.39. The number of halogens is 1. The lowest BCUT2D eigenvalue weighted by molar-refractivity contribution is 0.350. The maximum atomic E-state index is 12.9. The molecule has 0 amide bonds. The molecule has 0 spiro atoms. The van der Waals surface area contributed by atoms with Crippen LogP contribution in [0.1, 0.15) is 23.6 Å². The van der Waals surface area contributed by atoms with E-state index in [4.69, 9.17) is 5.73 Å². The van der Waals surface area contributed by atoms with Crippen LogP contribution in [0.25, 0.3) is 0 Å². The Morgan fingerprint density at radius 1 is 1.38 bits per heavy atom. The molecule has 0 aromatic carbocycles. The lowest BCUT2D eigenvalue weighted by Crippen LogP contribution is -2.36. The van der Waals surface area contributed by atoms with Gasteiger partial charge in [-0.2, -0.15) is 4.31 Å². The zero-order valence-corrected chi connectivity index (χ0v) is 15.8. The number of nitrogens with two attached hydrogens (primary N) is 1. The second-order valence-electron chi connectivity index (χ2n) is 4.78. The van der Waals surface area contributed by atoms with E-state index >= 15 is 0 Å². The molecule has 0 saturated carbocycles. The molecule has 0 radical (unpaired) electrons. The van der Waals surface area contributed by atoms with Gasteiger partial charge in [-0.1, -0.05) is 6.07 Å². The Hall–Kier alpha value is -0.250. The first-order valence-electron chi connectivity index (χ1n) is 6.38. The van der Waals surface area contributed by atoms with Gasteiger partial charge in [-0.3, -0.25) is 0 Å². The van der Waals surface area contributed by atoms with E-state index in [1.54, 1.807) is 17.4 Å². The van der Waals surface area contributed by atoms with Gasteiger partial charge in [-0.25, -0.2) is 8.42 Å². The molecule has 2 heterocycles. The van der Waals surface area contributed by atoms with E-state index in [0.717, 1.165) is 9.75 Å². The van der Waals surface area contributed by atoms with E-state index in [1.807, 2.05) is 31.4 Å². The largest absolute Gasteiger partial charge is 0.326 e. The van der Waals surface area contributed by atoms with Gasteiger partial charge in [0.2, 0.25) is 10.0 Å². The number of nitrogens with zero attached hydrogens (tertiary/aromatic N) is 1. The molecule has 2 N–H and O–H groups in total. The molecule has 0 aliphatic heterocycles. The molecule has 0 aliphatic carbocycles. The third kappa shape index (κ3) is 3.75. The van der Waals surface area contributed by atoms with Gasteiger partial charge in [0.15, 0.2) is 0 Å². The van der Waals surface area contributed by atoms with Crippen LogP contribution >= 0.6 is 38.6 Å². The van der Waals surface area contributed by atoms with Crippen molar-refractivity contribution in [3.05, 3.63) is 37.1 Å². The van der Waals surface area contributed by atoms with Gasteiger partial charge in [0, 0.05) is 28.9 Å². The van der Waals surface area contributed by atoms with E-state index in [2.05, 4.69) is 15.9 Å². The quantitative estimate of drug-likeness (QED) is 0.793. The summed E-state index contributed by atoms with van der Waals surface area (Å²) in [6, 6.07) is 5.42. The predicted octanol–water partition coefficient (Wildman–Crippen LogP) is 3.63. The van der Waals surface area contributed by atoms with Gasteiger partial charge < -0.3 is 5.73 Å². The maximum Gasteiger partial charge on any atom is 0.245 e. The molecule has 116 valence electrons. The minimum atomic E-state index is -3.55. The third-order valence-electron chi connectivity index (χ3n) is 2.96. The Morgan fingerprint density at radius 2 is 2.10 bits per heavy atom. The van der Waals surface area contributed by atoms with Gasteiger partial charge in [0.25, 0.3) is 0 Å². The fourth-order valence-corrected chi connectivity index (χ4v) is 6.81. The fourth-order valence-electron chi connectivity index (χ4n) is 1.90. The molecule has 2 aromatic heterocycles. The van der Waals surface area contributed by atoms with E-state index < -0.39 is 10.0 Å². The van der Waals surface area contributed by atoms with Gasteiger partial charge >= 0.3 is 0 Å². The molecule has 0 aliphatic rings.